The Labute approximate surface area is 118 Å². The molecule has 1 nitrogen and oxygen atoms in total. The van der Waals surface area contributed by atoms with Gasteiger partial charge < -0.3 is 0 Å². The molecule has 0 amide bonds. The molecule has 0 aliphatic heterocycles. The van der Waals surface area contributed by atoms with Gasteiger partial charge in [0.1, 0.15) is 5.16 Å². The number of allylic oxidation sites excluding steroid dienone is 1. The van der Waals surface area contributed by atoms with E-state index in [2.05, 4.69) is 42.4 Å². The molecule has 0 unspecified atom stereocenters. The van der Waals surface area contributed by atoms with Crippen LogP contribution in [0.4, 0.5) is 0 Å². The largest absolute Gasteiger partial charge is 0.237 e. The zero-order valence-corrected chi connectivity index (χ0v) is 11.3. The van der Waals surface area contributed by atoms with Crippen molar-refractivity contribution in [3.05, 3.63) is 84.6 Å². The van der Waals surface area contributed by atoms with Crippen molar-refractivity contribution in [3.8, 4) is 11.1 Å². The maximum absolute atomic E-state index is 5.70. The molecule has 0 heterocycles. The lowest BCUT2D eigenvalue weighted by molar-refractivity contribution is 1.50. The highest BCUT2D eigenvalue weighted by molar-refractivity contribution is 6.30. The lowest BCUT2D eigenvalue weighted by Crippen LogP contribution is -1.95. The zero-order chi connectivity index (χ0) is 13.7. The van der Waals surface area contributed by atoms with Crippen molar-refractivity contribution in [3.63, 3.8) is 0 Å². The standard InChI is InChI=1S/C17H14ClN/c1-3-17(19-13(2)18)16-11-9-15(10-12-16)14-7-5-4-6-8-14/h3-12H,1-2H2. The molecule has 0 aliphatic carbocycles. The minimum atomic E-state index is 0.252. The van der Waals surface area contributed by atoms with Gasteiger partial charge in [-0.2, -0.15) is 0 Å². The third-order valence-corrected chi connectivity index (χ3v) is 2.81. The number of rotatable bonds is 4. The minimum Gasteiger partial charge on any atom is -0.237 e. The van der Waals surface area contributed by atoms with Gasteiger partial charge in [0.05, 0.1) is 5.71 Å². The first kappa shape index (κ1) is 13.3. The SMILES string of the molecule is C=CC(=NC(=C)Cl)c1ccc(-c2ccccc2)cc1. The summed E-state index contributed by atoms with van der Waals surface area (Å²) in [5, 5.41) is 0.252. The highest BCUT2D eigenvalue weighted by Gasteiger charge is 2.01. The third-order valence-electron chi connectivity index (χ3n) is 2.72. The molecule has 2 heteroatoms. The molecule has 19 heavy (non-hydrogen) atoms. The van der Waals surface area contributed by atoms with Crippen molar-refractivity contribution in [2.24, 2.45) is 4.99 Å². The lowest BCUT2D eigenvalue weighted by Gasteiger charge is -2.04. The van der Waals surface area contributed by atoms with Gasteiger partial charge in [-0.05, 0) is 17.2 Å². The molecular formula is C17H14ClN. The Bertz CT molecular complexity index is 609. The molecule has 2 rings (SSSR count). The van der Waals surface area contributed by atoms with E-state index in [4.69, 9.17) is 11.6 Å². The van der Waals surface area contributed by atoms with Crippen LogP contribution in [0.1, 0.15) is 5.56 Å². The van der Waals surface area contributed by atoms with E-state index in [-0.39, 0.29) is 5.16 Å². The van der Waals surface area contributed by atoms with Crippen LogP contribution in [-0.2, 0) is 0 Å². The average Bonchev–Trinajstić information content (AvgIpc) is 2.46. The van der Waals surface area contributed by atoms with E-state index >= 15 is 0 Å². The number of aliphatic imine (C=N–C) groups is 1. The van der Waals surface area contributed by atoms with E-state index in [0.717, 1.165) is 16.8 Å². The van der Waals surface area contributed by atoms with Crippen molar-refractivity contribution in [1.29, 1.82) is 0 Å². The molecule has 2 aromatic carbocycles. The summed E-state index contributed by atoms with van der Waals surface area (Å²) < 4.78 is 0. The molecule has 0 bridgehead atoms. The van der Waals surface area contributed by atoms with Gasteiger partial charge in [0, 0.05) is 5.56 Å². The molecule has 0 radical (unpaired) electrons. The second-order valence-electron chi connectivity index (χ2n) is 4.02. The Morgan fingerprint density at radius 3 is 2.05 bits per heavy atom. The van der Waals surface area contributed by atoms with Gasteiger partial charge in [-0.25, -0.2) is 4.99 Å². The lowest BCUT2D eigenvalue weighted by atomic mass is 10.0. The number of halogens is 1. The monoisotopic (exact) mass is 267 g/mol. The fourth-order valence-electron chi connectivity index (χ4n) is 1.82. The first-order valence-corrected chi connectivity index (χ1v) is 6.30. The Morgan fingerprint density at radius 1 is 0.947 bits per heavy atom. The summed E-state index contributed by atoms with van der Waals surface area (Å²) in [6, 6.07) is 18.3. The predicted molar refractivity (Wildman–Crippen MR) is 83.6 cm³/mol. The molecule has 94 valence electrons. The molecule has 0 fully saturated rings. The van der Waals surface area contributed by atoms with Crippen molar-refractivity contribution in [2.45, 2.75) is 0 Å². The normalized spacial score (nSPS) is 11.1. The Morgan fingerprint density at radius 2 is 1.53 bits per heavy atom. The van der Waals surface area contributed by atoms with Gasteiger partial charge in [-0.3, -0.25) is 0 Å². The first-order valence-electron chi connectivity index (χ1n) is 5.92. The maximum Gasteiger partial charge on any atom is 0.122 e. The van der Waals surface area contributed by atoms with Crippen LogP contribution < -0.4 is 0 Å². The molecule has 0 atom stereocenters. The zero-order valence-electron chi connectivity index (χ0n) is 10.5. The topological polar surface area (TPSA) is 12.4 Å². The van der Waals surface area contributed by atoms with Gasteiger partial charge in [-0.1, -0.05) is 79.4 Å². The second kappa shape index (κ2) is 6.17. The summed E-state index contributed by atoms with van der Waals surface area (Å²) in [5.41, 5.74) is 4.04. The molecule has 0 aliphatic rings. The van der Waals surface area contributed by atoms with E-state index < -0.39 is 0 Å². The van der Waals surface area contributed by atoms with Crippen molar-refractivity contribution < 1.29 is 0 Å². The van der Waals surface area contributed by atoms with E-state index in [1.807, 2.05) is 30.3 Å². The smallest absolute Gasteiger partial charge is 0.122 e. The van der Waals surface area contributed by atoms with Crippen LogP contribution in [0, 0.1) is 0 Å². The maximum atomic E-state index is 5.70. The quantitative estimate of drug-likeness (QED) is 0.544. The van der Waals surface area contributed by atoms with Crippen molar-refractivity contribution in [2.75, 3.05) is 0 Å². The van der Waals surface area contributed by atoms with E-state index in [0.29, 0.717) is 0 Å². The van der Waals surface area contributed by atoms with E-state index in [1.165, 1.54) is 5.56 Å². The summed E-state index contributed by atoms with van der Waals surface area (Å²) in [6.07, 6.45) is 1.67. The van der Waals surface area contributed by atoms with Crippen LogP contribution in [0.3, 0.4) is 0 Å². The number of benzene rings is 2. The Kier molecular flexibility index (Phi) is 4.32. The minimum absolute atomic E-state index is 0.252. The van der Waals surface area contributed by atoms with Gasteiger partial charge in [0.15, 0.2) is 0 Å². The molecular weight excluding hydrogens is 254 g/mol. The van der Waals surface area contributed by atoms with Crippen LogP contribution in [-0.4, -0.2) is 5.71 Å². The van der Waals surface area contributed by atoms with E-state index in [1.54, 1.807) is 6.08 Å². The highest BCUT2D eigenvalue weighted by atomic mass is 35.5. The fourth-order valence-corrected chi connectivity index (χ4v) is 1.91. The van der Waals surface area contributed by atoms with Gasteiger partial charge >= 0.3 is 0 Å². The molecule has 0 spiro atoms. The van der Waals surface area contributed by atoms with Crippen LogP contribution in [0.25, 0.3) is 11.1 Å². The Balaban J connectivity index is 2.33. The summed E-state index contributed by atoms with van der Waals surface area (Å²) >= 11 is 5.70. The first-order chi connectivity index (χ1) is 9.20. The molecule has 0 saturated heterocycles. The highest BCUT2D eigenvalue weighted by Crippen LogP contribution is 2.20. The molecule has 2 aromatic rings. The van der Waals surface area contributed by atoms with Crippen LogP contribution >= 0.6 is 11.6 Å². The van der Waals surface area contributed by atoms with Crippen LogP contribution in [0.5, 0.6) is 0 Å². The number of hydrogen-bond donors (Lipinski definition) is 0. The van der Waals surface area contributed by atoms with Crippen LogP contribution in [0.15, 0.2) is 84.0 Å². The average molecular weight is 268 g/mol. The summed E-state index contributed by atoms with van der Waals surface area (Å²) in [4.78, 5) is 4.14. The third kappa shape index (κ3) is 3.43. The summed E-state index contributed by atoms with van der Waals surface area (Å²) in [5.74, 6) is 0. The van der Waals surface area contributed by atoms with Gasteiger partial charge in [0.25, 0.3) is 0 Å². The van der Waals surface area contributed by atoms with E-state index in [9.17, 15) is 0 Å². The Hall–Kier alpha value is -2.12. The van der Waals surface area contributed by atoms with Crippen LogP contribution in [0.2, 0.25) is 0 Å². The van der Waals surface area contributed by atoms with Crippen molar-refractivity contribution >= 4 is 17.3 Å². The second-order valence-corrected chi connectivity index (χ2v) is 4.46. The molecule has 0 saturated carbocycles. The van der Waals surface area contributed by atoms with Crippen molar-refractivity contribution in [1.82, 2.24) is 0 Å². The number of hydrogen-bond acceptors (Lipinski definition) is 1. The fraction of sp³-hybridized carbons (Fsp3) is 0. The molecule has 0 aromatic heterocycles. The summed E-state index contributed by atoms with van der Waals surface area (Å²) in [6.45, 7) is 7.30. The number of nitrogens with zero attached hydrogens (tertiary/aromatic N) is 1. The van der Waals surface area contributed by atoms with Gasteiger partial charge in [-0.15, -0.1) is 0 Å². The predicted octanol–water partition coefficient (Wildman–Crippen LogP) is 5.04. The summed E-state index contributed by atoms with van der Waals surface area (Å²) in [7, 11) is 0. The molecule has 0 N–H and O–H groups in total. The van der Waals surface area contributed by atoms with Gasteiger partial charge in [0.2, 0.25) is 0 Å².